The van der Waals surface area contributed by atoms with Crippen LogP contribution in [0.2, 0.25) is 10.0 Å². The number of benzene rings is 2. The van der Waals surface area contributed by atoms with E-state index >= 15 is 0 Å². The van der Waals surface area contributed by atoms with Gasteiger partial charge in [-0.25, -0.2) is 0 Å². The van der Waals surface area contributed by atoms with Gasteiger partial charge in [-0.05, 0) is 66.9 Å². The minimum atomic E-state index is -1.17. The second-order valence-electron chi connectivity index (χ2n) is 7.74. The van der Waals surface area contributed by atoms with E-state index in [9.17, 15) is 9.59 Å². The molecule has 0 fully saturated rings. The van der Waals surface area contributed by atoms with Crippen LogP contribution in [0.4, 0.5) is 0 Å². The number of hydrogen-bond acceptors (Lipinski definition) is 4. The molecule has 10 heteroatoms. The van der Waals surface area contributed by atoms with Gasteiger partial charge in [-0.2, -0.15) is 0 Å². The van der Waals surface area contributed by atoms with Gasteiger partial charge >= 0.3 is 11.9 Å². The lowest BCUT2D eigenvalue weighted by molar-refractivity contribution is -0.145. The SMILES string of the molecule is NCCc1c[nH]c2ccc(Cl)cc12.O=C(O)CC(NCCc1c[nH]c2ccc(Cl)cc12)C(=O)O. The Balaban J connectivity index is 0.000000212. The Kier molecular flexibility index (Phi) is 8.95. The number of fused-ring (bicyclic) bond motifs is 2. The van der Waals surface area contributed by atoms with Crippen LogP contribution >= 0.6 is 23.2 Å². The van der Waals surface area contributed by atoms with Crippen molar-refractivity contribution in [3.05, 3.63) is 70.0 Å². The molecule has 1 atom stereocenters. The van der Waals surface area contributed by atoms with Gasteiger partial charge in [0.25, 0.3) is 0 Å². The fourth-order valence-electron chi connectivity index (χ4n) is 3.67. The third-order valence-electron chi connectivity index (χ3n) is 5.33. The van der Waals surface area contributed by atoms with Crippen molar-refractivity contribution in [1.82, 2.24) is 15.3 Å². The predicted octanol–water partition coefficient (Wildman–Crippen LogP) is 4.20. The van der Waals surface area contributed by atoms with E-state index in [1.165, 1.54) is 10.9 Å². The summed E-state index contributed by atoms with van der Waals surface area (Å²) in [5.41, 5.74) is 9.81. The van der Waals surface area contributed by atoms with Crippen LogP contribution in [0.1, 0.15) is 17.5 Å². The maximum atomic E-state index is 10.9. The molecule has 4 rings (SSSR count). The van der Waals surface area contributed by atoms with Crippen LogP contribution in [-0.4, -0.2) is 51.3 Å². The Morgan fingerprint density at radius 2 is 1.44 bits per heavy atom. The number of hydrogen-bond donors (Lipinski definition) is 6. The number of carbonyl (C=O) groups is 2. The lowest BCUT2D eigenvalue weighted by Gasteiger charge is -2.11. The first-order valence-corrected chi connectivity index (χ1v) is 11.4. The molecule has 0 saturated carbocycles. The first kappa shape index (κ1) is 25.6. The molecule has 7 N–H and O–H groups in total. The van der Waals surface area contributed by atoms with Crippen LogP contribution in [0.3, 0.4) is 0 Å². The van der Waals surface area contributed by atoms with Crippen LogP contribution in [0.15, 0.2) is 48.8 Å². The van der Waals surface area contributed by atoms with Gasteiger partial charge in [-0.3, -0.25) is 9.59 Å². The molecule has 2 heterocycles. The van der Waals surface area contributed by atoms with E-state index in [0.29, 0.717) is 24.5 Å². The number of nitrogens with one attached hydrogen (secondary N) is 3. The number of H-pyrrole nitrogens is 2. The average Bonchev–Trinajstić information content (AvgIpc) is 3.37. The van der Waals surface area contributed by atoms with Gasteiger partial charge in [0.15, 0.2) is 0 Å². The standard InChI is InChI=1S/C14H15ClN2O4.C10H11ClN2/c15-9-1-2-11-10(5-9)8(7-17-11)3-4-16-12(14(20)21)6-13(18)19;11-8-1-2-10-9(5-8)7(3-4-12)6-13-10/h1-2,5,7,12,16-17H,3-4,6H2,(H,18,19)(H,20,21);1-2,5-6,13H,3-4,12H2. The van der Waals surface area contributed by atoms with Gasteiger partial charge in [0, 0.05) is 50.8 Å². The van der Waals surface area contributed by atoms with E-state index in [2.05, 4.69) is 15.3 Å². The Hall–Kier alpha value is -3.04. The summed E-state index contributed by atoms with van der Waals surface area (Å²) >= 11 is 11.9. The Morgan fingerprint density at radius 3 is 1.91 bits per heavy atom. The fourth-order valence-corrected chi connectivity index (χ4v) is 4.02. The highest BCUT2D eigenvalue weighted by Gasteiger charge is 2.20. The zero-order valence-electron chi connectivity index (χ0n) is 18.3. The Bertz CT molecular complexity index is 1280. The van der Waals surface area contributed by atoms with E-state index in [4.69, 9.17) is 39.1 Å². The molecule has 0 radical (unpaired) electrons. The minimum Gasteiger partial charge on any atom is -0.481 e. The summed E-state index contributed by atoms with van der Waals surface area (Å²) in [7, 11) is 0. The number of nitrogens with two attached hydrogens (primary N) is 1. The van der Waals surface area contributed by atoms with Crippen molar-refractivity contribution >= 4 is 56.9 Å². The summed E-state index contributed by atoms with van der Waals surface area (Å²) in [5, 5.41) is 23.9. The molecule has 0 bridgehead atoms. The summed E-state index contributed by atoms with van der Waals surface area (Å²) in [6.07, 6.45) is 4.85. The molecular weight excluding hydrogens is 479 g/mol. The van der Waals surface area contributed by atoms with Crippen molar-refractivity contribution in [3.8, 4) is 0 Å². The zero-order chi connectivity index (χ0) is 24.7. The first-order valence-electron chi connectivity index (χ1n) is 10.7. The maximum Gasteiger partial charge on any atom is 0.321 e. The van der Waals surface area contributed by atoms with Crippen molar-refractivity contribution in [2.24, 2.45) is 5.73 Å². The van der Waals surface area contributed by atoms with Crippen molar-refractivity contribution in [2.75, 3.05) is 13.1 Å². The Morgan fingerprint density at radius 1 is 0.912 bits per heavy atom. The highest BCUT2D eigenvalue weighted by atomic mass is 35.5. The molecule has 4 aromatic rings. The molecule has 0 amide bonds. The van der Waals surface area contributed by atoms with Gasteiger partial charge in [0.1, 0.15) is 6.04 Å². The average molecular weight is 505 g/mol. The monoisotopic (exact) mass is 504 g/mol. The highest BCUT2D eigenvalue weighted by Crippen LogP contribution is 2.23. The van der Waals surface area contributed by atoms with Crippen molar-refractivity contribution in [3.63, 3.8) is 0 Å². The van der Waals surface area contributed by atoms with E-state index in [1.54, 1.807) is 6.07 Å². The molecule has 0 aliphatic heterocycles. The first-order chi connectivity index (χ1) is 16.3. The molecule has 2 aromatic carbocycles. The maximum absolute atomic E-state index is 10.9. The second-order valence-corrected chi connectivity index (χ2v) is 8.61. The number of carboxylic acid groups (broad SMARTS) is 2. The third kappa shape index (κ3) is 6.74. The zero-order valence-corrected chi connectivity index (χ0v) is 19.8. The van der Waals surface area contributed by atoms with Gasteiger partial charge in [-0.15, -0.1) is 0 Å². The largest absolute Gasteiger partial charge is 0.481 e. The van der Waals surface area contributed by atoms with Gasteiger partial charge in [0.2, 0.25) is 0 Å². The minimum absolute atomic E-state index is 0.365. The van der Waals surface area contributed by atoms with Crippen LogP contribution in [-0.2, 0) is 22.4 Å². The molecule has 180 valence electrons. The van der Waals surface area contributed by atoms with Crippen LogP contribution < -0.4 is 11.1 Å². The number of aromatic amines is 2. The van der Waals surface area contributed by atoms with E-state index in [-0.39, 0.29) is 0 Å². The predicted molar refractivity (Wildman–Crippen MR) is 135 cm³/mol. The van der Waals surface area contributed by atoms with Crippen LogP contribution in [0, 0.1) is 0 Å². The molecule has 0 saturated heterocycles. The molecular formula is C24H26Cl2N4O4. The van der Waals surface area contributed by atoms with Crippen LogP contribution in [0.25, 0.3) is 21.8 Å². The van der Waals surface area contributed by atoms with Gasteiger partial charge in [0.05, 0.1) is 6.42 Å². The summed E-state index contributed by atoms with van der Waals surface area (Å²) in [6, 6.07) is 10.3. The third-order valence-corrected chi connectivity index (χ3v) is 5.80. The van der Waals surface area contributed by atoms with E-state index in [0.717, 1.165) is 33.4 Å². The molecule has 0 aliphatic rings. The second kappa shape index (κ2) is 11.9. The normalized spacial score (nSPS) is 11.9. The lowest BCUT2D eigenvalue weighted by Crippen LogP contribution is -2.39. The molecule has 8 nitrogen and oxygen atoms in total. The van der Waals surface area contributed by atoms with Crippen LogP contribution in [0.5, 0.6) is 0 Å². The van der Waals surface area contributed by atoms with Gasteiger partial charge in [-0.1, -0.05) is 23.2 Å². The molecule has 2 aromatic heterocycles. The highest BCUT2D eigenvalue weighted by molar-refractivity contribution is 6.31. The number of rotatable bonds is 9. The van der Waals surface area contributed by atoms with E-state index in [1.807, 2.05) is 42.7 Å². The lowest BCUT2D eigenvalue weighted by atomic mass is 10.1. The fraction of sp³-hybridized carbons (Fsp3) is 0.250. The topological polar surface area (TPSA) is 144 Å². The Labute approximate surface area is 206 Å². The van der Waals surface area contributed by atoms with Gasteiger partial charge < -0.3 is 31.2 Å². The molecule has 0 aliphatic carbocycles. The quantitative estimate of drug-likeness (QED) is 0.201. The summed E-state index contributed by atoms with van der Waals surface area (Å²) in [6.45, 7) is 1.03. The van der Waals surface area contributed by atoms with Crippen molar-refractivity contribution < 1.29 is 19.8 Å². The van der Waals surface area contributed by atoms with E-state index < -0.39 is 24.4 Å². The molecule has 34 heavy (non-hydrogen) atoms. The summed E-state index contributed by atoms with van der Waals surface area (Å²) in [4.78, 5) is 27.8. The number of carboxylic acids is 2. The number of halogens is 2. The summed E-state index contributed by atoms with van der Waals surface area (Å²) in [5.74, 6) is -2.31. The molecule has 1 unspecified atom stereocenters. The number of aliphatic carboxylic acids is 2. The van der Waals surface area contributed by atoms with Crippen molar-refractivity contribution in [2.45, 2.75) is 25.3 Å². The number of aromatic nitrogens is 2. The van der Waals surface area contributed by atoms with Crippen molar-refractivity contribution in [1.29, 1.82) is 0 Å². The molecule has 0 spiro atoms. The summed E-state index contributed by atoms with van der Waals surface area (Å²) < 4.78 is 0. The smallest absolute Gasteiger partial charge is 0.321 e.